The van der Waals surface area contributed by atoms with Gasteiger partial charge in [-0.2, -0.15) is 0 Å². The van der Waals surface area contributed by atoms with Crippen LogP contribution in [0.15, 0.2) is 30.5 Å². The first-order chi connectivity index (χ1) is 9.19. The molecule has 102 valence electrons. The lowest BCUT2D eigenvalue weighted by molar-refractivity contribution is -0.112. The van der Waals surface area contributed by atoms with Gasteiger partial charge in [0, 0.05) is 31.9 Å². The normalized spacial score (nSPS) is 16.1. The fourth-order valence-electron chi connectivity index (χ4n) is 2.52. The summed E-state index contributed by atoms with van der Waals surface area (Å²) < 4.78 is 0. The highest BCUT2D eigenvalue weighted by molar-refractivity contribution is 6.32. The Morgan fingerprint density at radius 2 is 1.79 bits per heavy atom. The first kappa shape index (κ1) is 13.7. The van der Waals surface area contributed by atoms with E-state index in [2.05, 4.69) is 18.7 Å². The summed E-state index contributed by atoms with van der Waals surface area (Å²) in [5.74, 6) is 0.0957. The van der Waals surface area contributed by atoms with Crippen LogP contribution in [0.3, 0.4) is 0 Å². The molecule has 3 nitrogen and oxygen atoms in total. The molecule has 0 N–H and O–H groups in total. The monoisotopic (exact) mass is 258 g/mol. The Morgan fingerprint density at radius 3 is 2.42 bits per heavy atom. The third kappa shape index (κ3) is 2.65. The summed E-state index contributed by atoms with van der Waals surface area (Å²) in [6.07, 6.45) is 4.22. The predicted octanol–water partition coefficient (Wildman–Crippen LogP) is 3.13. The SMILES string of the molecule is CCCN(/C=C1\C(=O)N(C)c2ccccc21)CCC. The first-order valence-electron chi connectivity index (χ1n) is 7.02. The molecule has 0 spiro atoms. The zero-order chi connectivity index (χ0) is 13.8. The maximum Gasteiger partial charge on any atom is 0.260 e. The van der Waals surface area contributed by atoms with Crippen molar-refractivity contribution in [3.05, 3.63) is 36.0 Å². The molecule has 3 heteroatoms. The van der Waals surface area contributed by atoms with Crippen molar-refractivity contribution in [1.82, 2.24) is 4.90 Å². The van der Waals surface area contributed by atoms with E-state index in [1.54, 1.807) is 4.90 Å². The van der Waals surface area contributed by atoms with Crippen LogP contribution in [-0.2, 0) is 4.79 Å². The minimum absolute atomic E-state index is 0.0957. The van der Waals surface area contributed by atoms with Crippen LogP contribution in [-0.4, -0.2) is 30.9 Å². The maximum absolute atomic E-state index is 12.3. The van der Waals surface area contributed by atoms with Crippen LogP contribution in [0.25, 0.3) is 5.57 Å². The van der Waals surface area contributed by atoms with Crippen molar-refractivity contribution in [2.24, 2.45) is 0 Å². The van der Waals surface area contributed by atoms with E-state index >= 15 is 0 Å². The minimum atomic E-state index is 0.0957. The lowest BCUT2D eigenvalue weighted by Gasteiger charge is -2.19. The summed E-state index contributed by atoms with van der Waals surface area (Å²) >= 11 is 0. The van der Waals surface area contributed by atoms with Gasteiger partial charge in [-0.3, -0.25) is 4.79 Å². The van der Waals surface area contributed by atoms with Crippen LogP contribution >= 0.6 is 0 Å². The van der Waals surface area contributed by atoms with Gasteiger partial charge in [-0.25, -0.2) is 0 Å². The second kappa shape index (κ2) is 5.91. The topological polar surface area (TPSA) is 23.6 Å². The molecular weight excluding hydrogens is 236 g/mol. The quantitative estimate of drug-likeness (QED) is 0.758. The molecule has 0 bridgehead atoms. The van der Waals surface area contributed by atoms with Crippen LogP contribution in [0.4, 0.5) is 5.69 Å². The fourth-order valence-corrected chi connectivity index (χ4v) is 2.52. The number of fused-ring (bicyclic) bond motifs is 1. The third-order valence-electron chi connectivity index (χ3n) is 3.42. The Morgan fingerprint density at radius 1 is 1.16 bits per heavy atom. The van der Waals surface area contributed by atoms with Crippen molar-refractivity contribution in [1.29, 1.82) is 0 Å². The average molecular weight is 258 g/mol. The molecule has 0 aliphatic carbocycles. The number of rotatable bonds is 5. The molecular formula is C16H22N2O. The van der Waals surface area contributed by atoms with Crippen LogP contribution in [0.5, 0.6) is 0 Å². The summed E-state index contributed by atoms with van der Waals surface area (Å²) in [7, 11) is 1.84. The average Bonchev–Trinajstić information content (AvgIpc) is 2.65. The maximum atomic E-state index is 12.3. The zero-order valence-electron chi connectivity index (χ0n) is 12.0. The van der Waals surface area contributed by atoms with Crippen LogP contribution in [0.2, 0.25) is 0 Å². The Labute approximate surface area is 115 Å². The van der Waals surface area contributed by atoms with E-state index in [1.807, 2.05) is 37.5 Å². The molecule has 0 saturated carbocycles. The number of likely N-dealkylation sites (N-methyl/N-ethyl adjacent to an activating group) is 1. The van der Waals surface area contributed by atoms with E-state index in [9.17, 15) is 4.79 Å². The summed E-state index contributed by atoms with van der Waals surface area (Å²) in [6, 6.07) is 7.99. The molecule has 1 aromatic carbocycles. The molecule has 0 unspecified atom stereocenters. The Bertz CT molecular complexity index is 487. The number of benzene rings is 1. The summed E-state index contributed by atoms with van der Waals surface area (Å²) in [5.41, 5.74) is 2.87. The van der Waals surface area contributed by atoms with Crippen molar-refractivity contribution in [2.75, 3.05) is 25.0 Å². The van der Waals surface area contributed by atoms with Gasteiger partial charge in [-0.1, -0.05) is 32.0 Å². The van der Waals surface area contributed by atoms with Crippen molar-refractivity contribution in [3.8, 4) is 0 Å². The van der Waals surface area contributed by atoms with E-state index in [0.717, 1.165) is 42.8 Å². The highest BCUT2D eigenvalue weighted by Gasteiger charge is 2.29. The van der Waals surface area contributed by atoms with E-state index in [-0.39, 0.29) is 5.91 Å². The third-order valence-corrected chi connectivity index (χ3v) is 3.42. The molecule has 19 heavy (non-hydrogen) atoms. The number of hydrogen-bond donors (Lipinski definition) is 0. The minimum Gasteiger partial charge on any atom is -0.377 e. The second-order valence-electron chi connectivity index (χ2n) is 4.96. The number of para-hydroxylation sites is 1. The standard InChI is InChI=1S/C16H22N2O/c1-4-10-18(11-5-2)12-14-13-8-6-7-9-15(13)17(3)16(14)19/h6-9,12H,4-5,10-11H2,1-3H3/b14-12-. The lowest BCUT2D eigenvalue weighted by Crippen LogP contribution is -2.23. The van der Waals surface area contributed by atoms with Crippen molar-refractivity contribution >= 4 is 17.2 Å². The summed E-state index contributed by atoms with van der Waals surface area (Å²) in [5, 5.41) is 0. The highest BCUT2D eigenvalue weighted by atomic mass is 16.2. The van der Waals surface area contributed by atoms with Crippen LogP contribution in [0, 0.1) is 0 Å². The van der Waals surface area contributed by atoms with Crippen molar-refractivity contribution in [3.63, 3.8) is 0 Å². The lowest BCUT2D eigenvalue weighted by atomic mass is 10.1. The summed E-state index contributed by atoms with van der Waals surface area (Å²) in [4.78, 5) is 16.3. The Balaban J connectivity index is 2.35. The van der Waals surface area contributed by atoms with Gasteiger partial charge in [0.25, 0.3) is 5.91 Å². The van der Waals surface area contributed by atoms with E-state index in [1.165, 1.54) is 0 Å². The van der Waals surface area contributed by atoms with Crippen LogP contribution in [0.1, 0.15) is 32.3 Å². The van der Waals surface area contributed by atoms with E-state index in [0.29, 0.717) is 0 Å². The molecule has 0 atom stereocenters. The Kier molecular flexibility index (Phi) is 4.25. The fraction of sp³-hybridized carbons (Fsp3) is 0.438. The smallest absolute Gasteiger partial charge is 0.260 e. The molecule has 0 aromatic heterocycles. The zero-order valence-corrected chi connectivity index (χ0v) is 12.0. The molecule has 0 fully saturated rings. The van der Waals surface area contributed by atoms with Gasteiger partial charge in [0.2, 0.25) is 0 Å². The number of carbonyl (C=O) groups is 1. The van der Waals surface area contributed by atoms with Gasteiger partial charge in [0.05, 0.1) is 11.3 Å². The van der Waals surface area contributed by atoms with Gasteiger partial charge in [-0.15, -0.1) is 0 Å². The highest BCUT2D eigenvalue weighted by Crippen LogP contribution is 2.35. The number of amides is 1. The summed E-state index contributed by atoms with van der Waals surface area (Å²) in [6.45, 7) is 6.32. The van der Waals surface area contributed by atoms with Crippen molar-refractivity contribution < 1.29 is 4.79 Å². The number of hydrogen-bond acceptors (Lipinski definition) is 2. The van der Waals surface area contributed by atoms with Crippen LogP contribution < -0.4 is 4.90 Å². The molecule has 1 aromatic rings. The van der Waals surface area contributed by atoms with E-state index < -0.39 is 0 Å². The molecule has 2 rings (SSSR count). The number of nitrogens with zero attached hydrogens (tertiary/aromatic N) is 2. The number of carbonyl (C=O) groups excluding carboxylic acids is 1. The van der Waals surface area contributed by atoms with E-state index in [4.69, 9.17) is 0 Å². The van der Waals surface area contributed by atoms with Gasteiger partial charge in [0.1, 0.15) is 0 Å². The van der Waals surface area contributed by atoms with Gasteiger partial charge < -0.3 is 9.80 Å². The molecule has 1 heterocycles. The predicted molar refractivity (Wildman–Crippen MR) is 80.0 cm³/mol. The number of anilines is 1. The van der Waals surface area contributed by atoms with Gasteiger partial charge in [-0.05, 0) is 18.9 Å². The molecule has 0 radical (unpaired) electrons. The first-order valence-corrected chi connectivity index (χ1v) is 7.02. The molecule has 1 aliphatic heterocycles. The largest absolute Gasteiger partial charge is 0.377 e. The van der Waals surface area contributed by atoms with Gasteiger partial charge in [0.15, 0.2) is 0 Å². The van der Waals surface area contributed by atoms with Gasteiger partial charge >= 0.3 is 0 Å². The molecule has 0 saturated heterocycles. The van der Waals surface area contributed by atoms with Crippen molar-refractivity contribution in [2.45, 2.75) is 26.7 Å². The molecule has 1 amide bonds. The second-order valence-corrected chi connectivity index (χ2v) is 4.96. The molecule has 1 aliphatic rings. The Hall–Kier alpha value is -1.77.